The molecule has 48 heavy (non-hydrogen) atoms. The van der Waals surface area contributed by atoms with Gasteiger partial charge in [-0.15, -0.1) is 0 Å². The number of nitrogens with zero attached hydrogens (tertiary/aromatic N) is 8. The zero-order valence-corrected chi connectivity index (χ0v) is 28.9. The zero-order chi connectivity index (χ0) is 33.4. The molecule has 0 atom stereocenters. The summed E-state index contributed by atoms with van der Waals surface area (Å²) in [5.74, 6) is 0.267. The molecule has 1 aromatic carbocycles. The van der Waals surface area contributed by atoms with E-state index in [1.807, 2.05) is 49.4 Å². The van der Waals surface area contributed by atoms with Crippen molar-refractivity contribution in [2.24, 2.45) is 0 Å². The van der Waals surface area contributed by atoms with Crippen molar-refractivity contribution in [3.8, 4) is 45.4 Å². The second-order valence-electron chi connectivity index (χ2n) is 10.2. The Hall–Kier alpha value is -5.15. The molecule has 0 saturated carbocycles. The molecule has 1 N–H and O–H groups in total. The van der Waals surface area contributed by atoms with Gasteiger partial charge in [-0.25, -0.2) is 9.78 Å². The molecule has 0 aliphatic heterocycles. The maximum atomic E-state index is 11.0. The molecule has 242 valence electrons. The molecule has 6 rings (SSSR count). The van der Waals surface area contributed by atoms with Crippen molar-refractivity contribution in [3.63, 3.8) is 0 Å². The first kappa shape index (κ1) is 37.3. The van der Waals surface area contributed by atoms with Crippen LogP contribution < -0.4 is 5.10 Å². The van der Waals surface area contributed by atoms with Gasteiger partial charge in [-0.3, -0.25) is 20.1 Å². The minimum atomic E-state index is -0.987. The third-order valence-corrected chi connectivity index (χ3v) is 6.85. The van der Waals surface area contributed by atoms with Crippen molar-refractivity contribution in [1.82, 2.24) is 35.1 Å². The SMILES string of the molecule is CCCCCc1ccc(-c2ccnc(-c3nc(C)n[n-]3)c2)cc1.O=C(O)c1ccnc(-c2cccc(-c3ccccn3)n2)c1.[N-]=C=S.[Ru+2]. The Labute approximate surface area is 297 Å². The summed E-state index contributed by atoms with van der Waals surface area (Å²) in [6, 6.07) is 26.9. The van der Waals surface area contributed by atoms with Crippen LogP contribution >= 0.6 is 12.2 Å². The van der Waals surface area contributed by atoms with Gasteiger partial charge < -0.3 is 20.6 Å². The number of carboxylic acid groups (broad SMARTS) is 1. The number of carboxylic acids is 1. The molecule has 12 heteroatoms. The molecular formula is C36H32N8O2RuS. The van der Waals surface area contributed by atoms with Crippen molar-refractivity contribution in [2.75, 3.05) is 0 Å². The van der Waals surface area contributed by atoms with E-state index in [0.29, 0.717) is 23.0 Å². The number of unbranched alkanes of at least 4 members (excludes halogenated alkanes) is 2. The number of thiocarbonyl (C=S) groups is 1. The number of hydrogen-bond acceptors (Lipinski definition) is 8. The van der Waals surface area contributed by atoms with Crippen molar-refractivity contribution in [2.45, 2.75) is 39.5 Å². The quantitative estimate of drug-likeness (QED) is 0.0674. The topological polar surface area (TPSA) is 151 Å². The van der Waals surface area contributed by atoms with Gasteiger partial charge in [0.05, 0.1) is 34.0 Å². The molecule has 0 radical (unpaired) electrons. The third-order valence-electron chi connectivity index (χ3n) is 6.85. The van der Waals surface area contributed by atoms with Gasteiger partial charge in [-0.1, -0.05) is 68.4 Å². The van der Waals surface area contributed by atoms with Gasteiger partial charge in [0.2, 0.25) is 0 Å². The molecule has 0 spiro atoms. The number of pyridine rings is 4. The van der Waals surface area contributed by atoms with Crippen LogP contribution in [0.15, 0.2) is 104 Å². The molecule has 5 heterocycles. The normalized spacial score (nSPS) is 9.88. The van der Waals surface area contributed by atoms with Crippen LogP contribution in [0.5, 0.6) is 0 Å². The molecule has 0 aliphatic rings. The summed E-state index contributed by atoms with van der Waals surface area (Å²) < 4.78 is 0. The molecule has 5 aromatic heterocycles. The Morgan fingerprint density at radius 3 is 2.10 bits per heavy atom. The first-order valence-corrected chi connectivity index (χ1v) is 15.3. The smallest absolute Gasteiger partial charge is 0.753 e. The predicted octanol–water partition coefficient (Wildman–Crippen LogP) is 7.76. The van der Waals surface area contributed by atoms with E-state index < -0.39 is 5.97 Å². The fourth-order valence-corrected chi connectivity index (χ4v) is 4.54. The summed E-state index contributed by atoms with van der Waals surface area (Å²) in [5, 5.41) is 25.5. The molecular weight excluding hydrogens is 710 g/mol. The molecule has 10 nitrogen and oxygen atoms in total. The largest absolute Gasteiger partial charge is 2.00 e. The second kappa shape index (κ2) is 19.5. The van der Waals surface area contributed by atoms with Gasteiger partial charge in [-0.2, -0.15) is 5.16 Å². The van der Waals surface area contributed by atoms with Crippen LogP contribution in [-0.4, -0.2) is 46.3 Å². The summed E-state index contributed by atoms with van der Waals surface area (Å²) >= 11 is 3.70. The summed E-state index contributed by atoms with van der Waals surface area (Å²) in [5.41, 5.74) is 7.26. The van der Waals surface area contributed by atoms with Gasteiger partial charge in [0.25, 0.3) is 0 Å². The average Bonchev–Trinajstić information content (AvgIpc) is 3.56. The number of carbonyl (C=O) groups is 1. The number of isothiocyanates is 1. The number of aromatic nitrogens is 7. The van der Waals surface area contributed by atoms with Gasteiger partial charge in [0.1, 0.15) is 0 Å². The van der Waals surface area contributed by atoms with E-state index in [0.717, 1.165) is 29.1 Å². The van der Waals surface area contributed by atoms with Gasteiger partial charge in [0, 0.05) is 24.4 Å². The van der Waals surface area contributed by atoms with Crippen LogP contribution in [0.1, 0.15) is 47.9 Å². The first-order valence-electron chi connectivity index (χ1n) is 14.9. The standard InChI is InChI=1S/C19H21N4.C16H11N3O2.CNS.Ru/c1-3-4-5-6-15-7-9-16(10-8-15)17-11-12-20-18(13-17)19-21-14(2)22-23-19;20-16(21)11-7-9-18-15(10-11)14-6-3-5-13(19-14)12-4-1-2-8-17-12;2-1-3;/h7-13H,3-6H2,1-2H3;1-10H,(H,20,21);;/q-1;;-1;+2. The Balaban J connectivity index is 0.000000237. The Kier molecular flexibility index (Phi) is 15.2. The van der Waals surface area contributed by atoms with E-state index in [1.54, 1.807) is 18.5 Å². The Morgan fingerprint density at radius 2 is 1.46 bits per heavy atom. The van der Waals surface area contributed by atoms with E-state index in [-0.39, 0.29) is 25.0 Å². The minimum Gasteiger partial charge on any atom is -0.753 e. The Bertz CT molecular complexity index is 1930. The van der Waals surface area contributed by atoms with Gasteiger partial charge in [0.15, 0.2) is 0 Å². The number of rotatable bonds is 9. The maximum Gasteiger partial charge on any atom is 2.00 e. The van der Waals surface area contributed by atoms with Crippen molar-refractivity contribution in [3.05, 3.63) is 126 Å². The fourth-order valence-electron chi connectivity index (χ4n) is 4.54. The van der Waals surface area contributed by atoms with Crippen LogP contribution in [0, 0.1) is 6.92 Å². The number of aromatic carboxylic acids is 1. The molecule has 6 aromatic rings. The number of benzene rings is 1. The molecule has 0 amide bonds. The van der Waals surface area contributed by atoms with E-state index in [1.165, 1.54) is 53.9 Å². The van der Waals surface area contributed by atoms with E-state index in [4.69, 9.17) is 10.5 Å². The van der Waals surface area contributed by atoms with E-state index in [2.05, 4.69) is 78.5 Å². The van der Waals surface area contributed by atoms with Gasteiger partial charge in [-0.05, 0) is 90.8 Å². The molecule has 0 unspecified atom stereocenters. The van der Waals surface area contributed by atoms with Crippen LogP contribution in [0.3, 0.4) is 0 Å². The molecule has 0 fully saturated rings. The fraction of sp³-hybridized carbons (Fsp3) is 0.167. The third kappa shape index (κ3) is 11.0. The van der Waals surface area contributed by atoms with Crippen molar-refractivity contribution < 1.29 is 29.4 Å². The van der Waals surface area contributed by atoms with Crippen LogP contribution in [0.2, 0.25) is 0 Å². The van der Waals surface area contributed by atoms with Crippen LogP contribution in [0.25, 0.3) is 50.8 Å². The predicted molar refractivity (Wildman–Crippen MR) is 186 cm³/mol. The maximum absolute atomic E-state index is 11.0. The zero-order valence-electron chi connectivity index (χ0n) is 26.3. The van der Waals surface area contributed by atoms with E-state index in [9.17, 15) is 4.79 Å². The van der Waals surface area contributed by atoms with Crippen LogP contribution in [-0.2, 0) is 25.9 Å². The van der Waals surface area contributed by atoms with Crippen molar-refractivity contribution >= 4 is 23.3 Å². The van der Waals surface area contributed by atoms with Gasteiger partial charge >= 0.3 is 25.4 Å². The second-order valence-corrected chi connectivity index (χ2v) is 10.4. The summed E-state index contributed by atoms with van der Waals surface area (Å²) in [4.78, 5) is 32.6. The molecule has 0 bridgehead atoms. The number of aryl methyl sites for hydroxylation is 2. The number of hydrogen-bond donors (Lipinski definition) is 1. The summed E-state index contributed by atoms with van der Waals surface area (Å²) in [7, 11) is 0. The Morgan fingerprint density at radius 1 is 0.792 bits per heavy atom. The summed E-state index contributed by atoms with van der Waals surface area (Å²) in [6.45, 7) is 4.06. The van der Waals surface area contributed by atoms with Crippen molar-refractivity contribution in [1.29, 1.82) is 0 Å². The van der Waals surface area contributed by atoms with E-state index >= 15 is 0 Å². The summed E-state index contributed by atoms with van der Waals surface area (Å²) in [6.07, 6.45) is 9.93. The first-order chi connectivity index (χ1) is 22.9. The molecule has 0 aliphatic carbocycles. The minimum absolute atomic E-state index is 0. The van der Waals surface area contributed by atoms with Crippen LogP contribution in [0.4, 0.5) is 0 Å². The monoisotopic (exact) mass is 742 g/mol. The average molecular weight is 742 g/mol. The molecule has 0 saturated heterocycles.